The van der Waals surface area contributed by atoms with Crippen molar-refractivity contribution in [3.05, 3.63) is 60.2 Å². The van der Waals surface area contributed by atoms with Gasteiger partial charge in [-0.05, 0) is 30.3 Å². The van der Waals surface area contributed by atoms with Gasteiger partial charge >= 0.3 is 6.18 Å². The number of morpholine rings is 1. The average molecular weight is 476 g/mol. The number of aromatic nitrogens is 3. The summed E-state index contributed by atoms with van der Waals surface area (Å²) in [6.45, 7) is 1.93. The van der Waals surface area contributed by atoms with E-state index in [1.807, 2.05) is 0 Å². The van der Waals surface area contributed by atoms with E-state index in [4.69, 9.17) is 10.5 Å². The van der Waals surface area contributed by atoms with Crippen LogP contribution in [0.3, 0.4) is 0 Å². The molecule has 3 heterocycles. The zero-order chi connectivity index (χ0) is 24.1. The molecule has 0 aliphatic carbocycles. The van der Waals surface area contributed by atoms with E-state index < -0.39 is 17.6 Å². The van der Waals surface area contributed by atoms with Crippen molar-refractivity contribution in [3.8, 4) is 0 Å². The lowest BCUT2D eigenvalue weighted by molar-refractivity contribution is -0.137. The molecule has 4 N–H and O–H groups in total. The van der Waals surface area contributed by atoms with Crippen LogP contribution in [0.4, 0.5) is 46.5 Å². The monoisotopic (exact) mass is 476 g/mol. The van der Waals surface area contributed by atoms with Gasteiger partial charge in [-0.15, -0.1) is 0 Å². The second-order valence-corrected chi connectivity index (χ2v) is 7.20. The molecular formula is C21H20F4N8O. The SMILES string of the molecule is N/C(=N\c1ncc(F)c(N2CCOCC2)n1)Nc1ccc(Nc2cccc(C(F)(F)F)c2)cn1. The minimum atomic E-state index is -4.43. The van der Waals surface area contributed by atoms with Crippen molar-refractivity contribution in [2.24, 2.45) is 10.7 Å². The molecule has 0 unspecified atom stereocenters. The molecule has 2 aromatic heterocycles. The number of alkyl halides is 3. The standard InChI is InChI=1S/C21H20F4N8O/c22-16-12-28-20(31-18(16)33-6-8-34-9-7-33)32-19(26)30-17-5-4-15(11-27-17)29-14-3-1-2-13(10-14)21(23,24)25/h1-5,10-12,29H,6-9H2,(H3,26,27,28,30,31,32). The number of benzene rings is 1. The number of nitrogens with one attached hydrogen (secondary N) is 2. The Hall–Kier alpha value is -4.00. The smallest absolute Gasteiger partial charge is 0.378 e. The van der Waals surface area contributed by atoms with Crippen molar-refractivity contribution >= 4 is 34.9 Å². The summed E-state index contributed by atoms with van der Waals surface area (Å²) in [5, 5.41) is 5.62. The Bertz CT molecular complexity index is 1160. The Balaban J connectivity index is 1.41. The van der Waals surface area contributed by atoms with Gasteiger partial charge in [-0.3, -0.25) is 0 Å². The van der Waals surface area contributed by atoms with Crippen LogP contribution < -0.4 is 21.3 Å². The summed E-state index contributed by atoms with van der Waals surface area (Å²) in [4.78, 5) is 17.9. The summed E-state index contributed by atoms with van der Waals surface area (Å²) < 4.78 is 58.0. The fourth-order valence-electron chi connectivity index (χ4n) is 3.15. The van der Waals surface area contributed by atoms with E-state index in [0.29, 0.717) is 37.8 Å². The maximum absolute atomic E-state index is 14.1. The molecule has 9 nitrogen and oxygen atoms in total. The number of ether oxygens (including phenoxy) is 1. The van der Waals surface area contributed by atoms with Gasteiger partial charge in [0.05, 0.1) is 36.9 Å². The van der Waals surface area contributed by atoms with Gasteiger partial charge in [-0.1, -0.05) is 6.07 Å². The lowest BCUT2D eigenvalue weighted by Crippen LogP contribution is -2.37. The molecule has 0 bridgehead atoms. The van der Waals surface area contributed by atoms with E-state index in [9.17, 15) is 17.6 Å². The number of nitrogens with zero attached hydrogens (tertiary/aromatic N) is 5. The molecule has 0 amide bonds. The van der Waals surface area contributed by atoms with Gasteiger partial charge in [0.15, 0.2) is 11.6 Å². The third kappa shape index (κ3) is 5.86. The predicted octanol–water partition coefficient (Wildman–Crippen LogP) is 3.67. The Morgan fingerprint density at radius 1 is 1.06 bits per heavy atom. The highest BCUT2D eigenvalue weighted by atomic mass is 19.4. The normalized spacial score (nSPS) is 14.7. The van der Waals surface area contributed by atoms with Crippen molar-refractivity contribution in [1.29, 1.82) is 0 Å². The number of pyridine rings is 1. The molecule has 0 radical (unpaired) electrons. The molecule has 1 saturated heterocycles. The van der Waals surface area contributed by atoms with Crippen LogP contribution in [0.15, 0.2) is 53.8 Å². The van der Waals surface area contributed by atoms with Crippen LogP contribution in [0, 0.1) is 5.82 Å². The molecule has 0 saturated carbocycles. The molecule has 34 heavy (non-hydrogen) atoms. The molecule has 1 aromatic carbocycles. The van der Waals surface area contributed by atoms with Crippen LogP contribution in [-0.4, -0.2) is 47.2 Å². The quantitative estimate of drug-likeness (QED) is 0.291. The van der Waals surface area contributed by atoms with Crippen molar-refractivity contribution in [2.75, 3.05) is 41.8 Å². The fraction of sp³-hybridized carbons (Fsp3) is 0.238. The van der Waals surface area contributed by atoms with Gasteiger partial charge in [0.25, 0.3) is 5.95 Å². The van der Waals surface area contributed by atoms with E-state index in [0.717, 1.165) is 18.3 Å². The highest BCUT2D eigenvalue weighted by Crippen LogP contribution is 2.31. The number of nitrogens with two attached hydrogens (primary N) is 1. The van der Waals surface area contributed by atoms with Crippen molar-refractivity contribution in [2.45, 2.75) is 6.18 Å². The lowest BCUT2D eigenvalue weighted by atomic mass is 10.2. The highest BCUT2D eigenvalue weighted by Gasteiger charge is 2.30. The van der Waals surface area contributed by atoms with Gasteiger partial charge in [0, 0.05) is 18.8 Å². The zero-order valence-electron chi connectivity index (χ0n) is 17.7. The van der Waals surface area contributed by atoms with E-state index in [-0.39, 0.29) is 23.4 Å². The first kappa shape index (κ1) is 23.2. The van der Waals surface area contributed by atoms with Crippen LogP contribution >= 0.6 is 0 Å². The number of guanidine groups is 1. The maximum atomic E-state index is 14.1. The van der Waals surface area contributed by atoms with Gasteiger partial charge in [-0.25, -0.2) is 14.4 Å². The van der Waals surface area contributed by atoms with E-state index >= 15 is 0 Å². The Kier molecular flexibility index (Phi) is 6.72. The molecule has 1 aliphatic heterocycles. The largest absolute Gasteiger partial charge is 0.416 e. The molecule has 1 fully saturated rings. The van der Waals surface area contributed by atoms with Gasteiger partial charge < -0.3 is 26.0 Å². The number of rotatable bonds is 5. The minimum Gasteiger partial charge on any atom is -0.378 e. The molecule has 4 rings (SSSR count). The van der Waals surface area contributed by atoms with Crippen LogP contribution in [0.1, 0.15) is 5.56 Å². The number of anilines is 4. The number of hydrogen-bond acceptors (Lipinski definition) is 7. The average Bonchev–Trinajstić information content (AvgIpc) is 2.82. The molecule has 178 valence electrons. The zero-order valence-corrected chi connectivity index (χ0v) is 17.7. The van der Waals surface area contributed by atoms with Crippen molar-refractivity contribution < 1.29 is 22.3 Å². The molecule has 1 aliphatic rings. The Morgan fingerprint density at radius 3 is 2.56 bits per heavy atom. The molecule has 0 spiro atoms. The molecule has 3 aromatic rings. The van der Waals surface area contributed by atoms with Crippen LogP contribution in [0.2, 0.25) is 0 Å². The van der Waals surface area contributed by atoms with Crippen molar-refractivity contribution in [3.63, 3.8) is 0 Å². The summed E-state index contributed by atoms with van der Waals surface area (Å²) in [6, 6.07) is 7.99. The number of hydrogen-bond donors (Lipinski definition) is 3. The summed E-state index contributed by atoms with van der Waals surface area (Å²) in [5.41, 5.74) is 5.87. The van der Waals surface area contributed by atoms with Gasteiger partial charge in [0.1, 0.15) is 5.82 Å². The van der Waals surface area contributed by atoms with E-state index in [1.54, 1.807) is 17.0 Å². The van der Waals surface area contributed by atoms with Gasteiger partial charge in [0.2, 0.25) is 5.96 Å². The number of halogens is 4. The Labute approximate surface area is 191 Å². The minimum absolute atomic E-state index is 0.0317. The summed E-state index contributed by atoms with van der Waals surface area (Å²) >= 11 is 0. The predicted molar refractivity (Wildman–Crippen MR) is 119 cm³/mol. The van der Waals surface area contributed by atoms with E-state index in [2.05, 4.69) is 30.6 Å². The maximum Gasteiger partial charge on any atom is 0.416 e. The van der Waals surface area contributed by atoms with Gasteiger partial charge in [-0.2, -0.15) is 23.1 Å². The number of aliphatic imine (C=N–C) groups is 1. The van der Waals surface area contributed by atoms with Crippen LogP contribution in [0.25, 0.3) is 0 Å². The first-order valence-corrected chi connectivity index (χ1v) is 10.1. The lowest BCUT2D eigenvalue weighted by Gasteiger charge is -2.27. The second kappa shape index (κ2) is 9.87. The van der Waals surface area contributed by atoms with Crippen LogP contribution in [0.5, 0.6) is 0 Å². The Morgan fingerprint density at radius 2 is 1.85 bits per heavy atom. The molecule has 0 atom stereocenters. The molecular weight excluding hydrogens is 456 g/mol. The van der Waals surface area contributed by atoms with Crippen molar-refractivity contribution in [1.82, 2.24) is 15.0 Å². The van der Waals surface area contributed by atoms with Crippen LogP contribution in [-0.2, 0) is 10.9 Å². The summed E-state index contributed by atoms with van der Waals surface area (Å²) in [7, 11) is 0. The summed E-state index contributed by atoms with van der Waals surface area (Å²) in [5.74, 6) is -0.237. The fourth-order valence-corrected chi connectivity index (χ4v) is 3.15. The summed E-state index contributed by atoms with van der Waals surface area (Å²) in [6.07, 6.45) is -1.99. The molecule has 13 heteroatoms. The highest BCUT2D eigenvalue weighted by molar-refractivity contribution is 5.92. The van der Waals surface area contributed by atoms with E-state index in [1.165, 1.54) is 18.3 Å². The first-order chi connectivity index (χ1) is 16.3. The third-order valence-corrected chi connectivity index (χ3v) is 4.74. The first-order valence-electron chi connectivity index (χ1n) is 10.1. The topological polar surface area (TPSA) is 114 Å². The third-order valence-electron chi connectivity index (χ3n) is 4.74. The second-order valence-electron chi connectivity index (χ2n) is 7.20.